The molecule has 6 heteroatoms. The zero-order chi connectivity index (χ0) is 11.8. The van der Waals surface area contributed by atoms with Gasteiger partial charge < -0.3 is 9.63 Å². The van der Waals surface area contributed by atoms with Crippen LogP contribution in [-0.2, 0) is 6.18 Å². The predicted molar refractivity (Wildman–Crippen MR) is 48.6 cm³/mol. The van der Waals surface area contributed by atoms with Gasteiger partial charge in [-0.25, -0.2) is 0 Å². The molecule has 0 aliphatic heterocycles. The minimum Gasteiger partial charge on any atom is -0.507 e. The van der Waals surface area contributed by atoms with E-state index in [-0.39, 0.29) is 17.1 Å². The Morgan fingerprint density at radius 1 is 1.19 bits per heavy atom. The topological polar surface area (TPSA) is 46.3 Å². The smallest absolute Gasteiger partial charge is 0.436 e. The molecule has 16 heavy (non-hydrogen) atoms. The average molecular weight is 229 g/mol. The number of nitrogens with zero attached hydrogens (tertiary/aromatic N) is 1. The van der Waals surface area contributed by atoms with Gasteiger partial charge in [0.25, 0.3) is 0 Å². The summed E-state index contributed by atoms with van der Waals surface area (Å²) in [7, 11) is 0. The number of hydrogen-bond donors (Lipinski definition) is 1. The first kappa shape index (κ1) is 10.5. The molecule has 0 fully saturated rings. The van der Waals surface area contributed by atoms with Crippen LogP contribution in [0.4, 0.5) is 13.2 Å². The summed E-state index contributed by atoms with van der Waals surface area (Å²) in [6.07, 6.45) is -4.55. The Hall–Kier alpha value is -1.98. The SMILES string of the molecule is Oc1ccccc1-c1cc(C(F)(F)F)no1. The van der Waals surface area contributed by atoms with Crippen LogP contribution in [-0.4, -0.2) is 10.3 Å². The minimum absolute atomic E-state index is 0.120. The van der Waals surface area contributed by atoms with E-state index in [4.69, 9.17) is 0 Å². The minimum atomic E-state index is -4.55. The predicted octanol–water partition coefficient (Wildman–Crippen LogP) is 3.07. The molecule has 1 aromatic carbocycles. The van der Waals surface area contributed by atoms with E-state index < -0.39 is 11.9 Å². The second kappa shape index (κ2) is 3.55. The number of hydrogen-bond acceptors (Lipinski definition) is 3. The molecule has 0 aliphatic carbocycles. The molecule has 0 radical (unpaired) electrons. The van der Waals surface area contributed by atoms with Crippen LogP contribution in [0.1, 0.15) is 5.69 Å². The molecule has 0 aliphatic rings. The number of phenolic OH excluding ortho intramolecular Hbond substituents is 1. The van der Waals surface area contributed by atoms with Crippen molar-refractivity contribution >= 4 is 0 Å². The molecule has 2 aromatic rings. The van der Waals surface area contributed by atoms with Crippen LogP contribution in [0.5, 0.6) is 5.75 Å². The molecule has 0 saturated carbocycles. The number of halogens is 3. The lowest BCUT2D eigenvalue weighted by atomic mass is 10.1. The van der Waals surface area contributed by atoms with Gasteiger partial charge in [-0.15, -0.1) is 0 Å². The lowest BCUT2D eigenvalue weighted by molar-refractivity contribution is -0.142. The van der Waals surface area contributed by atoms with E-state index in [1.807, 2.05) is 0 Å². The van der Waals surface area contributed by atoms with Gasteiger partial charge in [0.2, 0.25) is 0 Å². The van der Waals surface area contributed by atoms with Crippen LogP contribution >= 0.6 is 0 Å². The van der Waals surface area contributed by atoms with Gasteiger partial charge in [-0.05, 0) is 12.1 Å². The number of rotatable bonds is 1. The molecule has 2 rings (SSSR count). The maximum atomic E-state index is 12.2. The summed E-state index contributed by atoms with van der Waals surface area (Å²) in [5, 5.41) is 12.3. The maximum absolute atomic E-state index is 12.2. The summed E-state index contributed by atoms with van der Waals surface area (Å²) >= 11 is 0. The van der Waals surface area contributed by atoms with Crippen molar-refractivity contribution in [2.24, 2.45) is 0 Å². The number of benzene rings is 1. The summed E-state index contributed by atoms with van der Waals surface area (Å²) in [6.45, 7) is 0. The number of para-hydroxylation sites is 1. The summed E-state index contributed by atoms with van der Waals surface area (Å²) in [5.74, 6) is -0.280. The molecular weight excluding hydrogens is 223 g/mol. The van der Waals surface area contributed by atoms with Crippen molar-refractivity contribution in [2.75, 3.05) is 0 Å². The first-order valence-electron chi connectivity index (χ1n) is 4.31. The molecule has 0 bridgehead atoms. The third kappa shape index (κ3) is 1.86. The van der Waals surface area contributed by atoms with Crippen LogP contribution in [0.15, 0.2) is 34.9 Å². The third-order valence-electron chi connectivity index (χ3n) is 1.97. The molecular formula is C10H6F3NO2. The Kier molecular flexibility index (Phi) is 2.34. The fourth-order valence-corrected chi connectivity index (χ4v) is 1.22. The quantitative estimate of drug-likeness (QED) is 0.817. The van der Waals surface area contributed by atoms with Crippen LogP contribution in [0.2, 0.25) is 0 Å². The van der Waals surface area contributed by atoms with E-state index in [1.54, 1.807) is 12.1 Å². The van der Waals surface area contributed by atoms with Crippen molar-refractivity contribution in [1.29, 1.82) is 0 Å². The number of aromatic nitrogens is 1. The van der Waals surface area contributed by atoms with Gasteiger partial charge in [0.15, 0.2) is 11.5 Å². The zero-order valence-electron chi connectivity index (χ0n) is 7.82. The van der Waals surface area contributed by atoms with Gasteiger partial charge in [-0.1, -0.05) is 17.3 Å². The van der Waals surface area contributed by atoms with Gasteiger partial charge in [0.05, 0.1) is 5.56 Å². The Balaban J connectivity index is 2.44. The van der Waals surface area contributed by atoms with Crippen LogP contribution < -0.4 is 0 Å². The Morgan fingerprint density at radius 3 is 2.44 bits per heavy atom. The molecule has 3 nitrogen and oxygen atoms in total. The van der Waals surface area contributed by atoms with Crippen molar-refractivity contribution in [2.45, 2.75) is 6.18 Å². The molecule has 0 unspecified atom stereocenters. The fraction of sp³-hybridized carbons (Fsp3) is 0.100. The highest BCUT2D eigenvalue weighted by atomic mass is 19.4. The van der Waals surface area contributed by atoms with Gasteiger partial charge in [-0.3, -0.25) is 0 Å². The first-order chi connectivity index (χ1) is 7.48. The van der Waals surface area contributed by atoms with E-state index in [0.29, 0.717) is 0 Å². The van der Waals surface area contributed by atoms with E-state index in [1.165, 1.54) is 12.1 Å². The highest BCUT2D eigenvalue weighted by Gasteiger charge is 2.35. The second-order valence-corrected chi connectivity index (χ2v) is 3.09. The highest BCUT2D eigenvalue weighted by molar-refractivity contribution is 5.65. The van der Waals surface area contributed by atoms with E-state index in [2.05, 4.69) is 9.68 Å². The molecule has 1 heterocycles. The standard InChI is InChI=1S/C10H6F3NO2/c11-10(12,13)9-5-8(16-14-9)6-3-1-2-4-7(6)15/h1-5,15H. The van der Waals surface area contributed by atoms with E-state index in [0.717, 1.165) is 6.07 Å². The first-order valence-corrected chi connectivity index (χ1v) is 4.31. The van der Waals surface area contributed by atoms with Crippen LogP contribution in [0, 0.1) is 0 Å². The summed E-state index contributed by atoms with van der Waals surface area (Å²) in [4.78, 5) is 0. The third-order valence-corrected chi connectivity index (χ3v) is 1.97. The number of alkyl halides is 3. The molecule has 84 valence electrons. The zero-order valence-corrected chi connectivity index (χ0v) is 7.82. The lowest BCUT2D eigenvalue weighted by Gasteiger charge is -1.98. The molecule has 0 spiro atoms. The van der Waals surface area contributed by atoms with E-state index >= 15 is 0 Å². The van der Waals surface area contributed by atoms with Gasteiger partial charge in [0, 0.05) is 6.07 Å². The summed E-state index contributed by atoms with van der Waals surface area (Å²) < 4.78 is 41.2. The fourth-order valence-electron chi connectivity index (χ4n) is 1.22. The largest absolute Gasteiger partial charge is 0.507 e. The molecule has 0 atom stereocenters. The van der Waals surface area contributed by atoms with Crippen LogP contribution in [0.25, 0.3) is 11.3 Å². The van der Waals surface area contributed by atoms with Crippen molar-refractivity contribution in [3.8, 4) is 17.1 Å². The van der Waals surface area contributed by atoms with Crippen molar-refractivity contribution in [3.05, 3.63) is 36.0 Å². The molecule has 0 amide bonds. The van der Waals surface area contributed by atoms with E-state index in [9.17, 15) is 18.3 Å². The summed E-state index contributed by atoms with van der Waals surface area (Å²) in [5.41, 5.74) is -0.948. The van der Waals surface area contributed by atoms with Crippen molar-refractivity contribution in [3.63, 3.8) is 0 Å². The highest BCUT2D eigenvalue weighted by Crippen LogP contribution is 2.34. The van der Waals surface area contributed by atoms with Crippen molar-refractivity contribution in [1.82, 2.24) is 5.16 Å². The second-order valence-electron chi connectivity index (χ2n) is 3.09. The Bertz CT molecular complexity index is 505. The summed E-state index contributed by atoms with van der Waals surface area (Å²) in [6, 6.07) is 6.67. The lowest BCUT2D eigenvalue weighted by Crippen LogP contribution is -2.04. The van der Waals surface area contributed by atoms with Crippen LogP contribution in [0.3, 0.4) is 0 Å². The van der Waals surface area contributed by atoms with Gasteiger partial charge in [0.1, 0.15) is 5.75 Å². The molecule has 1 N–H and O–H groups in total. The average Bonchev–Trinajstić information content (AvgIpc) is 2.66. The Labute approximate surface area is 88.1 Å². The Morgan fingerprint density at radius 2 is 1.88 bits per heavy atom. The molecule has 0 saturated heterocycles. The maximum Gasteiger partial charge on any atom is 0.436 e. The number of phenols is 1. The molecule has 1 aromatic heterocycles. The normalized spacial score (nSPS) is 11.7. The van der Waals surface area contributed by atoms with Gasteiger partial charge >= 0.3 is 6.18 Å². The van der Waals surface area contributed by atoms with Gasteiger partial charge in [-0.2, -0.15) is 13.2 Å². The monoisotopic (exact) mass is 229 g/mol. The number of aromatic hydroxyl groups is 1. The van der Waals surface area contributed by atoms with Crippen molar-refractivity contribution < 1.29 is 22.8 Å².